The Morgan fingerprint density at radius 1 is 0.370 bits per heavy atom. The number of rotatable bonds is 52. The molecule has 1 fully saturated rings. The van der Waals surface area contributed by atoms with Crippen molar-refractivity contribution in [1.29, 1.82) is 0 Å². The first-order chi connectivity index (χ1) is 35.7. The van der Waals surface area contributed by atoms with E-state index in [0.29, 0.717) is 19.3 Å². The summed E-state index contributed by atoms with van der Waals surface area (Å²) >= 11 is 0. The lowest BCUT2D eigenvalue weighted by molar-refractivity contribution is -0.200. The first-order valence-electron chi connectivity index (χ1n) is 30.7. The van der Waals surface area contributed by atoms with E-state index in [4.69, 9.17) is 23.7 Å². The monoisotopic (exact) mass is 1030 g/mol. The lowest BCUT2D eigenvalue weighted by Crippen LogP contribution is -2.43. The normalized spacial score (nSPS) is 16.9. The number of hydrogen-bond acceptors (Lipinski definition) is 10. The Morgan fingerprint density at radius 2 is 0.658 bits per heavy atom. The quantitative estimate of drug-likeness (QED) is 0.0252. The second kappa shape index (κ2) is 51.1. The van der Waals surface area contributed by atoms with Crippen molar-refractivity contribution in [2.45, 2.75) is 315 Å². The molecule has 0 aromatic rings. The fourth-order valence-corrected chi connectivity index (χ4v) is 9.30. The van der Waals surface area contributed by atoms with E-state index < -0.39 is 48.5 Å². The molecule has 1 aliphatic heterocycles. The Kier molecular flexibility index (Phi) is 47.7. The van der Waals surface area contributed by atoms with Crippen LogP contribution in [0.15, 0.2) is 36.5 Å². The topological polar surface area (TPSA) is 118 Å². The first kappa shape index (κ1) is 68.0. The molecule has 1 heterocycles. The van der Waals surface area contributed by atoms with Gasteiger partial charge in [0.15, 0.2) is 6.10 Å². The van der Waals surface area contributed by atoms with Crippen LogP contribution in [-0.2, 0) is 42.9 Å². The molecule has 1 saturated heterocycles. The number of unbranched alkanes of at least 4 members (excludes halogenated alkanes) is 33. The third-order valence-corrected chi connectivity index (χ3v) is 13.8. The molecule has 0 aliphatic carbocycles. The highest BCUT2D eigenvalue weighted by molar-refractivity contribution is 5.72. The zero-order chi connectivity index (χ0) is 53.1. The van der Waals surface area contributed by atoms with Gasteiger partial charge in [-0.15, -0.1) is 0 Å². The van der Waals surface area contributed by atoms with Crippen molar-refractivity contribution in [2.24, 2.45) is 0 Å². The minimum absolute atomic E-state index is 0.0510. The van der Waals surface area contributed by atoms with Crippen LogP contribution in [-0.4, -0.2) is 80.6 Å². The van der Waals surface area contributed by atoms with E-state index in [1.54, 1.807) is 19.0 Å². The van der Waals surface area contributed by atoms with Gasteiger partial charge in [0.25, 0.3) is 0 Å². The summed E-state index contributed by atoms with van der Waals surface area (Å²) in [6, 6.07) is 0. The number of carbonyl (C=O) groups excluding carboxylic acids is 4. The zero-order valence-corrected chi connectivity index (χ0v) is 48.0. The Labute approximate surface area is 448 Å². The van der Waals surface area contributed by atoms with E-state index in [2.05, 4.69) is 57.2 Å². The van der Waals surface area contributed by atoms with Crippen molar-refractivity contribution in [2.75, 3.05) is 27.2 Å². The van der Waals surface area contributed by atoms with Crippen molar-refractivity contribution >= 4 is 23.9 Å². The molecule has 0 spiro atoms. The zero-order valence-electron chi connectivity index (χ0n) is 48.0. The average molecular weight is 1030 g/mol. The van der Waals surface area contributed by atoms with E-state index in [1.807, 2.05) is 0 Å². The van der Waals surface area contributed by atoms with Crippen molar-refractivity contribution in [1.82, 2.24) is 4.90 Å². The summed E-state index contributed by atoms with van der Waals surface area (Å²) in [6.07, 6.45) is 54.9. The summed E-state index contributed by atoms with van der Waals surface area (Å²) in [5, 5.41) is 0. The minimum Gasteiger partial charge on any atom is -0.462 e. The van der Waals surface area contributed by atoms with Gasteiger partial charge in [-0.25, -0.2) is 0 Å². The van der Waals surface area contributed by atoms with Gasteiger partial charge < -0.3 is 23.7 Å². The van der Waals surface area contributed by atoms with E-state index in [1.165, 1.54) is 135 Å². The Balaban J connectivity index is 2.77. The largest absolute Gasteiger partial charge is 0.462 e. The summed E-state index contributed by atoms with van der Waals surface area (Å²) in [4.78, 5) is 54.6. The third-order valence-electron chi connectivity index (χ3n) is 13.8. The second-order valence-corrected chi connectivity index (χ2v) is 21.4. The summed E-state index contributed by atoms with van der Waals surface area (Å²) in [6.45, 7) is 6.56. The molecule has 4 atom stereocenters. The first-order valence-corrected chi connectivity index (χ1v) is 30.7. The Morgan fingerprint density at radius 3 is 0.986 bits per heavy atom. The number of esters is 4. The lowest BCUT2D eigenvalue weighted by atomic mass is 10.1. The van der Waals surface area contributed by atoms with Gasteiger partial charge in [0.1, 0.15) is 12.7 Å². The van der Waals surface area contributed by atoms with Crippen LogP contribution in [0.2, 0.25) is 0 Å². The minimum atomic E-state index is -1.30. The van der Waals surface area contributed by atoms with Crippen molar-refractivity contribution in [3.63, 3.8) is 0 Å². The van der Waals surface area contributed by atoms with Crippen LogP contribution in [0.4, 0.5) is 0 Å². The number of nitrogens with zero attached hydrogens (tertiary/aromatic N) is 1. The molecule has 10 nitrogen and oxygen atoms in total. The molecular weight excluding hydrogens is 915 g/mol. The summed E-state index contributed by atoms with van der Waals surface area (Å²) < 4.78 is 29.7. The summed E-state index contributed by atoms with van der Waals surface area (Å²) in [5.41, 5.74) is 0. The summed E-state index contributed by atoms with van der Waals surface area (Å²) in [5.74, 6) is -1.86. The average Bonchev–Trinajstić information content (AvgIpc) is 3.67. The van der Waals surface area contributed by atoms with Gasteiger partial charge in [0.2, 0.25) is 12.4 Å². The fraction of sp³-hybridized carbons (Fsp3) is 0.841. The smallest absolute Gasteiger partial charge is 0.320 e. The standard InChI is InChI=1S/C63H113NO9/c1-6-9-12-15-18-21-24-27-30-33-36-39-42-45-48-51-57(65)71-61-56(55-69-60(68)54-64(4)5)70-63(73-59(67)53-50-47-44-41-38-35-32-29-26-23-20-17-14-11-8-3)62(61)72-58(66)52-49-46-43-40-37-34-31-28-25-22-19-16-13-10-7-2/h27-32,56,61-63H,6-26,33-55H2,1-5H3/b30-27-,31-28-,32-29-/t56-,61?,62+,63+/m1/s1. The van der Waals surface area contributed by atoms with Gasteiger partial charge in [-0.1, -0.05) is 211 Å². The predicted molar refractivity (Wildman–Crippen MR) is 302 cm³/mol. The van der Waals surface area contributed by atoms with Gasteiger partial charge in [-0.3, -0.25) is 24.1 Å². The number of ether oxygens (including phenoxy) is 5. The van der Waals surface area contributed by atoms with Crippen LogP contribution < -0.4 is 0 Å². The molecule has 10 heteroatoms. The van der Waals surface area contributed by atoms with E-state index in [0.717, 1.165) is 96.3 Å². The van der Waals surface area contributed by atoms with Gasteiger partial charge in [-0.2, -0.15) is 0 Å². The molecule has 0 aromatic heterocycles. The van der Waals surface area contributed by atoms with Crippen LogP contribution in [0.5, 0.6) is 0 Å². The highest BCUT2D eigenvalue weighted by Gasteiger charge is 2.52. The van der Waals surface area contributed by atoms with Gasteiger partial charge in [0, 0.05) is 19.3 Å². The molecule has 1 aliphatic rings. The molecule has 0 aromatic carbocycles. The van der Waals surface area contributed by atoms with Crippen LogP contribution in [0, 0.1) is 0 Å². The maximum Gasteiger partial charge on any atom is 0.320 e. The third kappa shape index (κ3) is 42.9. The SMILES string of the molecule is CCCCCCCC/C=C\CCCCCCCC(=O)OC1[C@@H](COC(=O)CN(C)C)O[C@@H](OC(=O)CCCCCCC/C=C\CCCCCCCC)[C@H]1OC(=O)CCCCCCC/C=C\CCCCCCCC. The number of carbonyl (C=O) groups is 4. The van der Waals surface area contributed by atoms with Crippen molar-refractivity contribution < 1.29 is 42.9 Å². The lowest BCUT2D eigenvalue weighted by Gasteiger charge is -2.24. The molecule has 1 rings (SSSR count). The number of allylic oxidation sites excluding steroid dienone is 6. The van der Waals surface area contributed by atoms with Crippen LogP contribution >= 0.6 is 0 Å². The molecule has 0 amide bonds. The number of hydrogen-bond donors (Lipinski definition) is 0. The molecule has 0 radical (unpaired) electrons. The second-order valence-electron chi connectivity index (χ2n) is 21.4. The molecule has 424 valence electrons. The molecule has 0 N–H and O–H groups in total. The van der Waals surface area contributed by atoms with Crippen LogP contribution in [0.3, 0.4) is 0 Å². The van der Waals surface area contributed by atoms with E-state index >= 15 is 0 Å². The van der Waals surface area contributed by atoms with Crippen molar-refractivity contribution in [3.8, 4) is 0 Å². The van der Waals surface area contributed by atoms with Gasteiger partial charge in [0.05, 0.1) is 6.54 Å². The molecule has 0 bridgehead atoms. The maximum atomic E-state index is 13.5. The maximum absolute atomic E-state index is 13.5. The van der Waals surface area contributed by atoms with Crippen molar-refractivity contribution in [3.05, 3.63) is 36.5 Å². The highest BCUT2D eigenvalue weighted by Crippen LogP contribution is 2.30. The van der Waals surface area contributed by atoms with Gasteiger partial charge >= 0.3 is 23.9 Å². The van der Waals surface area contributed by atoms with Gasteiger partial charge in [-0.05, 0) is 110 Å². The highest BCUT2D eigenvalue weighted by atomic mass is 16.8. The molecule has 0 saturated carbocycles. The Bertz CT molecular complexity index is 1390. The predicted octanol–water partition coefficient (Wildman–Crippen LogP) is 17.3. The molecular formula is C63H113NO9. The number of likely N-dealkylation sites (N-methyl/N-ethyl adjacent to an activating group) is 1. The molecule has 1 unspecified atom stereocenters. The fourth-order valence-electron chi connectivity index (χ4n) is 9.30. The van der Waals surface area contributed by atoms with Crippen LogP contribution in [0.1, 0.15) is 290 Å². The van der Waals surface area contributed by atoms with E-state index in [9.17, 15) is 19.2 Å². The summed E-state index contributed by atoms with van der Waals surface area (Å²) in [7, 11) is 3.54. The molecule has 73 heavy (non-hydrogen) atoms. The van der Waals surface area contributed by atoms with E-state index in [-0.39, 0.29) is 32.4 Å². The van der Waals surface area contributed by atoms with Crippen LogP contribution in [0.25, 0.3) is 0 Å². The Hall–Kier alpha value is -2.98.